The highest BCUT2D eigenvalue weighted by atomic mass is 16.5. The van der Waals surface area contributed by atoms with Crippen LogP contribution in [0, 0.1) is 0 Å². The standard InChI is InChI=1S/C14H24O5/c1-13(16)18-11-8-4-5-9-14(17)19-12-7-3-2-6-10-15/h10H,2-9,11-12H2,1H3. The summed E-state index contributed by atoms with van der Waals surface area (Å²) in [5, 5.41) is 0. The minimum absolute atomic E-state index is 0.178. The van der Waals surface area contributed by atoms with Crippen LogP contribution in [-0.4, -0.2) is 31.4 Å². The average molecular weight is 272 g/mol. The zero-order valence-electron chi connectivity index (χ0n) is 11.7. The fourth-order valence-corrected chi connectivity index (χ4v) is 1.53. The van der Waals surface area contributed by atoms with Crippen molar-refractivity contribution in [2.75, 3.05) is 13.2 Å². The molecule has 0 aliphatic rings. The molecule has 0 bridgehead atoms. The molecule has 0 amide bonds. The molecule has 0 rings (SSSR count). The highest BCUT2D eigenvalue weighted by Gasteiger charge is 2.02. The van der Waals surface area contributed by atoms with E-state index in [1.165, 1.54) is 6.92 Å². The van der Waals surface area contributed by atoms with E-state index >= 15 is 0 Å². The van der Waals surface area contributed by atoms with E-state index in [9.17, 15) is 14.4 Å². The quantitative estimate of drug-likeness (QED) is 0.310. The summed E-state index contributed by atoms with van der Waals surface area (Å²) >= 11 is 0. The molecular formula is C14H24O5. The maximum atomic E-state index is 11.3. The first-order valence-electron chi connectivity index (χ1n) is 6.89. The predicted molar refractivity (Wildman–Crippen MR) is 70.6 cm³/mol. The average Bonchev–Trinajstić information content (AvgIpc) is 2.37. The van der Waals surface area contributed by atoms with Crippen LogP contribution in [0.1, 0.15) is 58.3 Å². The van der Waals surface area contributed by atoms with Crippen LogP contribution in [-0.2, 0) is 23.9 Å². The Balaban J connectivity index is 3.21. The van der Waals surface area contributed by atoms with Crippen LogP contribution in [0.25, 0.3) is 0 Å². The molecule has 0 saturated carbocycles. The maximum absolute atomic E-state index is 11.3. The van der Waals surface area contributed by atoms with Crippen molar-refractivity contribution in [1.82, 2.24) is 0 Å². The lowest BCUT2D eigenvalue weighted by Gasteiger charge is -2.04. The van der Waals surface area contributed by atoms with Crippen LogP contribution in [0.4, 0.5) is 0 Å². The van der Waals surface area contributed by atoms with Crippen LogP contribution >= 0.6 is 0 Å². The number of esters is 2. The molecule has 0 aromatic rings. The van der Waals surface area contributed by atoms with Gasteiger partial charge in [0.15, 0.2) is 0 Å². The molecule has 0 radical (unpaired) electrons. The molecule has 19 heavy (non-hydrogen) atoms. The van der Waals surface area contributed by atoms with Gasteiger partial charge in [0.1, 0.15) is 6.29 Å². The van der Waals surface area contributed by atoms with Gasteiger partial charge in [0.05, 0.1) is 13.2 Å². The summed E-state index contributed by atoms with van der Waals surface area (Å²) in [6, 6.07) is 0. The lowest BCUT2D eigenvalue weighted by Crippen LogP contribution is -2.06. The third kappa shape index (κ3) is 14.6. The van der Waals surface area contributed by atoms with E-state index in [4.69, 9.17) is 9.47 Å². The van der Waals surface area contributed by atoms with Crippen molar-refractivity contribution < 1.29 is 23.9 Å². The molecule has 5 nitrogen and oxygen atoms in total. The van der Waals surface area contributed by atoms with Crippen LogP contribution in [0.2, 0.25) is 0 Å². The largest absolute Gasteiger partial charge is 0.466 e. The van der Waals surface area contributed by atoms with Gasteiger partial charge < -0.3 is 14.3 Å². The minimum Gasteiger partial charge on any atom is -0.466 e. The third-order valence-corrected chi connectivity index (χ3v) is 2.56. The van der Waals surface area contributed by atoms with E-state index in [0.717, 1.165) is 44.8 Å². The summed E-state index contributed by atoms with van der Waals surface area (Å²) in [6.45, 7) is 2.23. The Kier molecular flexibility index (Phi) is 12.1. The van der Waals surface area contributed by atoms with Gasteiger partial charge in [-0.15, -0.1) is 0 Å². The summed E-state index contributed by atoms with van der Waals surface area (Å²) in [5.41, 5.74) is 0. The second-order valence-electron chi connectivity index (χ2n) is 4.39. The molecule has 110 valence electrons. The van der Waals surface area contributed by atoms with Crippen LogP contribution in [0.5, 0.6) is 0 Å². The number of ether oxygens (including phenoxy) is 2. The molecular weight excluding hydrogens is 248 g/mol. The third-order valence-electron chi connectivity index (χ3n) is 2.56. The molecule has 0 spiro atoms. The van der Waals surface area contributed by atoms with Crippen LogP contribution < -0.4 is 0 Å². The fourth-order valence-electron chi connectivity index (χ4n) is 1.53. The van der Waals surface area contributed by atoms with Gasteiger partial charge in [-0.05, 0) is 38.5 Å². The number of rotatable bonds is 12. The first-order chi connectivity index (χ1) is 9.16. The second-order valence-corrected chi connectivity index (χ2v) is 4.39. The number of carbonyl (C=O) groups is 3. The first kappa shape index (κ1) is 17.6. The van der Waals surface area contributed by atoms with Gasteiger partial charge in [0, 0.05) is 19.8 Å². The summed E-state index contributed by atoms with van der Waals surface area (Å²) < 4.78 is 9.84. The monoisotopic (exact) mass is 272 g/mol. The summed E-state index contributed by atoms with van der Waals surface area (Å²) in [5.74, 6) is -0.447. The van der Waals surface area contributed by atoms with E-state index in [1.54, 1.807) is 0 Å². The Hall–Kier alpha value is -1.39. The molecule has 0 unspecified atom stereocenters. The number of aldehydes is 1. The van der Waals surface area contributed by atoms with Crippen molar-refractivity contribution in [1.29, 1.82) is 0 Å². The maximum Gasteiger partial charge on any atom is 0.305 e. The molecule has 0 fully saturated rings. The Bertz CT molecular complexity index is 263. The van der Waals surface area contributed by atoms with Gasteiger partial charge >= 0.3 is 11.9 Å². The number of hydrogen-bond donors (Lipinski definition) is 0. The van der Waals surface area contributed by atoms with E-state index < -0.39 is 0 Å². The summed E-state index contributed by atoms with van der Waals surface area (Å²) in [6.07, 6.45) is 6.86. The normalized spacial score (nSPS) is 9.95. The van der Waals surface area contributed by atoms with Crippen molar-refractivity contribution >= 4 is 18.2 Å². The molecule has 0 aliphatic carbocycles. The molecule has 0 heterocycles. The van der Waals surface area contributed by atoms with Gasteiger partial charge in [0.2, 0.25) is 0 Å². The molecule has 0 saturated heterocycles. The Morgan fingerprint density at radius 1 is 0.895 bits per heavy atom. The minimum atomic E-state index is -0.269. The van der Waals surface area contributed by atoms with Gasteiger partial charge in [-0.25, -0.2) is 0 Å². The Morgan fingerprint density at radius 2 is 1.53 bits per heavy atom. The molecule has 0 aromatic carbocycles. The van der Waals surface area contributed by atoms with Gasteiger partial charge in [-0.2, -0.15) is 0 Å². The smallest absolute Gasteiger partial charge is 0.305 e. The number of hydrogen-bond acceptors (Lipinski definition) is 5. The molecule has 0 aromatic heterocycles. The number of unbranched alkanes of at least 4 members (excludes halogenated alkanes) is 5. The topological polar surface area (TPSA) is 69.7 Å². The molecule has 0 aliphatic heterocycles. The van der Waals surface area contributed by atoms with Gasteiger partial charge in [-0.1, -0.05) is 0 Å². The van der Waals surface area contributed by atoms with E-state index in [2.05, 4.69) is 0 Å². The van der Waals surface area contributed by atoms with Crippen molar-refractivity contribution in [2.45, 2.75) is 58.3 Å². The SMILES string of the molecule is CC(=O)OCCCCCC(=O)OCCCCCC=O. The molecule has 0 N–H and O–H groups in total. The summed E-state index contributed by atoms with van der Waals surface area (Å²) in [4.78, 5) is 31.9. The van der Waals surface area contributed by atoms with Crippen LogP contribution in [0.3, 0.4) is 0 Å². The number of carbonyl (C=O) groups excluding carboxylic acids is 3. The van der Waals surface area contributed by atoms with E-state index in [-0.39, 0.29) is 11.9 Å². The highest BCUT2D eigenvalue weighted by molar-refractivity contribution is 5.69. The summed E-state index contributed by atoms with van der Waals surface area (Å²) in [7, 11) is 0. The highest BCUT2D eigenvalue weighted by Crippen LogP contribution is 2.03. The fraction of sp³-hybridized carbons (Fsp3) is 0.786. The van der Waals surface area contributed by atoms with Crippen LogP contribution in [0.15, 0.2) is 0 Å². The van der Waals surface area contributed by atoms with Gasteiger partial charge in [-0.3, -0.25) is 9.59 Å². The zero-order valence-corrected chi connectivity index (χ0v) is 11.7. The second kappa shape index (κ2) is 13.1. The van der Waals surface area contributed by atoms with Crippen molar-refractivity contribution in [3.63, 3.8) is 0 Å². The first-order valence-corrected chi connectivity index (χ1v) is 6.89. The lowest BCUT2D eigenvalue weighted by atomic mass is 10.2. The zero-order chi connectivity index (χ0) is 14.3. The molecule has 5 heteroatoms. The van der Waals surface area contributed by atoms with Crippen molar-refractivity contribution in [3.05, 3.63) is 0 Å². The Labute approximate surface area is 114 Å². The van der Waals surface area contributed by atoms with Crippen molar-refractivity contribution in [3.8, 4) is 0 Å². The lowest BCUT2D eigenvalue weighted by molar-refractivity contribution is -0.144. The Morgan fingerprint density at radius 3 is 2.16 bits per heavy atom. The van der Waals surface area contributed by atoms with E-state index in [0.29, 0.717) is 26.1 Å². The predicted octanol–water partition coefficient (Wildman–Crippen LogP) is 2.41. The van der Waals surface area contributed by atoms with Crippen molar-refractivity contribution in [2.24, 2.45) is 0 Å². The molecule has 0 atom stereocenters. The van der Waals surface area contributed by atoms with E-state index in [1.807, 2.05) is 0 Å². The van der Waals surface area contributed by atoms with Gasteiger partial charge in [0.25, 0.3) is 0 Å².